The van der Waals surface area contributed by atoms with Gasteiger partial charge in [-0.3, -0.25) is 9.08 Å². The second-order valence-electron chi connectivity index (χ2n) is 4.95. The quantitative estimate of drug-likeness (QED) is 0.625. The van der Waals surface area contributed by atoms with Crippen molar-refractivity contribution in [2.75, 3.05) is 5.32 Å². The van der Waals surface area contributed by atoms with Crippen LogP contribution in [0.5, 0.6) is 0 Å². The summed E-state index contributed by atoms with van der Waals surface area (Å²) in [5.41, 5.74) is 2.72. The Morgan fingerprint density at radius 2 is 2.23 bits per heavy atom. The number of nitrogens with one attached hydrogen (secondary N) is 1. The Bertz CT molecular complexity index is 905. The van der Waals surface area contributed by atoms with Crippen LogP contribution in [0.25, 0.3) is 16.9 Å². The van der Waals surface area contributed by atoms with Crippen LogP contribution < -0.4 is 5.32 Å². The molecule has 4 aromatic rings. The van der Waals surface area contributed by atoms with Crippen LogP contribution in [0.1, 0.15) is 5.76 Å². The number of rotatable bonds is 4. The van der Waals surface area contributed by atoms with E-state index in [4.69, 9.17) is 4.42 Å². The maximum atomic E-state index is 5.32. The van der Waals surface area contributed by atoms with Gasteiger partial charge in [-0.05, 0) is 12.1 Å². The van der Waals surface area contributed by atoms with Crippen LogP contribution in [0.4, 0.5) is 5.82 Å². The van der Waals surface area contributed by atoms with E-state index in [1.165, 1.54) is 0 Å². The van der Waals surface area contributed by atoms with Crippen molar-refractivity contribution >= 4 is 11.5 Å². The minimum atomic E-state index is 0.564. The molecule has 110 valence electrons. The van der Waals surface area contributed by atoms with E-state index < -0.39 is 0 Å². The summed E-state index contributed by atoms with van der Waals surface area (Å²) in [5, 5.41) is 7.45. The molecule has 0 spiro atoms. The van der Waals surface area contributed by atoms with Crippen molar-refractivity contribution in [3.63, 3.8) is 0 Å². The fourth-order valence-electron chi connectivity index (χ4n) is 2.39. The van der Waals surface area contributed by atoms with E-state index >= 15 is 0 Å². The Morgan fingerprint density at radius 3 is 3.00 bits per heavy atom. The molecule has 7 heteroatoms. The first-order chi connectivity index (χ1) is 10.8. The fraction of sp³-hybridized carbons (Fsp3) is 0.133. The molecular weight excluding hydrogens is 280 g/mol. The number of anilines is 1. The molecule has 0 amide bonds. The highest BCUT2D eigenvalue weighted by atomic mass is 16.3. The Kier molecular flexibility index (Phi) is 2.89. The van der Waals surface area contributed by atoms with Crippen LogP contribution in [0.15, 0.2) is 53.8 Å². The van der Waals surface area contributed by atoms with Crippen molar-refractivity contribution in [1.29, 1.82) is 0 Å². The summed E-state index contributed by atoms with van der Waals surface area (Å²) in [4.78, 5) is 8.88. The van der Waals surface area contributed by atoms with Crippen LogP contribution >= 0.6 is 0 Å². The predicted molar refractivity (Wildman–Crippen MR) is 81.2 cm³/mol. The van der Waals surface area contributed by atoms with Crippen molar-refractivity contribution in [3.8, 4) is 11.3 Å². The van der Waals surface area contributed by atoms with Gasteiger partial charge in [0.05, 0.1) is 30.9 Å². The highest BCUT2D eigenvalue weighted by molar-refractivity contribution is 5.69. The van der Waals surface area contributed by atoms with Gasteiger partial charge >= 0.3 is 0 Å². The standard InChI is InChI=1S/C15H14N6O/c1-20-10-11(7-19-20)13-9-18-14(15-16-4-5-21(13)15)17-8-12-3-2-6-22-12/h2-7,9-10H,8H2,1H3,(H,17,18). The Labute approximate surface area is 126 Å². The molecule has 0 saturated heterocycles. The first-order valence-electron chi connectivity index (χ1n) is 6.88. The van der Waals surface area contributed by atoms with E-state index in [-0.39, 0.29) is 0 Å². The third-order valence-corrected chi connectivity index (χ3v) is 3.44. The smallest absolute Gasteiger partial charge is 0.180 e. The average Bonchev–Trinajstić information content (AvgIpc) is 3.26. The zero-order valence-corrected chi connectivity index (χ0v) is 12.0. The summed E-state index contributed by atoms with van der Waals surface area (Å²) in [6.45, 7) is 0.564. The molecular formula is C15H14N6O. The lowest BCUT2D eigenvalue weighted by molar-refractivity contribution is 0.518. The number of nitrogens with zero attached hydrogens (tertiary/aromatic N) is 5. The SMILES string of the molecule is Cn1cc(-c2cnc(NCc3ccco3)c3nccn23)cn1. The van der Waals surface area contributed by atoms with Gasteiger partial charge in [-0.15, -0.1) is 0 Å². The van der Waals surface area contributed by atoms with E-state index in [0.29, 0.717) is 12.4 Å². The van der Waals surface area contributed by atoms with Gasteiger partial charge in [-0.1, -0.05) is 0 Å². The number of imidazole rings is 1. The second-order valence-corrected chi connectivity index (χ2v) is 4.95. The van der Waals surface area contributed by atoms with E-state index in [9.17, 15) is 0 Å². The molecule has 0 aliphatic heterocycles. The van der Waals surface area contributed by atoms with E-state index in [2.05, 4.69) is 20.4 Å². The summed E-state index contributed by atoms with van der Waals surface area (Å²) in [6, 6.07) is 3.78. The Balaban J connectivity index is 1.71. The van der Waals surface area contributed by atoms with E-state index in [0.717, 1.165) is 22.7 Å². The Morgan fingerprint density at radius 1 is 1.27 bits per heavy atom. The largest absolute Gasteiger partial charge is 0.467 e. The van der Waals surface area contributed by atoms with Crippen molar-refractivity contribution in [3.05, 3.63) is 55.1 Å². The van der Waals surface area contributed by atoms with Crippen LogP contribution in [-0.2, 0) is 13.6 Å². The molecule has 0 radical (unpaired) electrons. The molecule has 1 N–H and O–H groups in total. The van der Waals surface area contributed by atoms with E-state index in [1.54, 1.807) is 17.1 Å². The van der Waals surface area contributed by atoms with Gasteiger partial charge < -0.3 is 9.73 Å². The molecule has 0 aromatic carbocycles. The first kappa shape index (κ1) is 12.6. The van der Waals surface area contributed by atoms with Gasteiger partial charge in [0, 0.05) is 31.2 Å². The molecule has 4 heterocycles. The highest BCUT2D eigenvalue weighted by Crippen LogP contribution is 2.22. The lowest BCUT2D eigenvalue weighted by Gasteiger charge is -2.08. The molecule has 0 unspecified atom stereocenters. The monoisotopic (exact) mass is 294 g/mol. The lowest BCUT2D eigenvalue weighted by Crippen LogP contribution is -2.04. The normalized spacial score (nSPS) is 11.1. The molecule has 4 aromatic heterocycles. The minimum absolute atomic E-state index is 0.564. The summed E-state index contributed by atoms with van der Waals surface area (Å²) < 4.78 is 9.08. The van der Waals surface area contributed by atoms with Gasteiger partial charge in [0.15, 0.2) is 11.5 Å². The van der Waals surface area contributed by atoms with Crippen molar-refractivity contribution in [2.24, 2.45) is 7.05 Å². The average molecular weight is 294 g/mol. The van der Waals surface area contributed by atoms with Gasteiger partial charge in [0.2, 0.25) is 0 Å². The van der Waals surface area contributed by atoms with Crippen LogP contribution in [-0.4, -0.2) is 24.1 Å². The van der Waals surface area contributed by atoms with Gasteiger partial charge in [-0.2, -0.15) is 5.10 Å². The predicted octanol–water partition coefficient (Wildman–Crippen LogP) is 2.33. The third kappa shape index (κ3) is 2.12. The number of aryl methyl sites for hydroxylation is 1. The number of hydrogen-bond donors (Lipinski definition) is 1. The fourth-order valence-corrected chi connectivity index (χ4v) is 2.39. The number of hydrogen-bond acceptors (Lipinski definition) is 5. The molecule has 0 atom stereocenters. The van der Waals surface area contributed by atoms with E-state index in [1.807, 2.05) is 48.4 Å². The summed E-state index contributed by atoms with van der Waals surface area (Å²) in [5.74, 6) is 1.57. The maximum Gasteiger partial charge on any atom is 0.180 e. The summed E-state index contributed by atoms with van der Waals surface area (Å²) in [7, 11) is 1.89. The van der Waals surface area contributed by atoms with Crippen molar-refractivity contribution in [1.82, 2.24) is 24.1 Å². The Hall–Kier alpha value is -3.09. The molecule has 0 bridgehead atoms. The first-order valence-corrected chi connectivity index (χ1v) is 6.88. The van der Waals surface area contributed by atoms with Crippen LogP contribution in [0, 0.1) is 0 Å². The molecule has 22 heavy (non-hydrogen) atoms. The molecule has 4 rings (SSSR count). The van der Waals surface area contributed by atoms with Crippen molar-refractivity contribution in [2.45, 2.75) is 6.54 Å². The summed E-state index contributed by atoms with van der Waals surface area (Å²) in [6.07, 6.45) is 10.9. The molecule has 0 aliphatic rings. The molecule has 0 saturated carbocycles. The van der Waals surface area contributed by atoms with Crippen LogP contribution in [0.3, 0.4) is 0 Å². The zero-order chi connectivity index (χ0) is 14.9. The maximum absolute atomic E-state index is 5.32. The molecule has 0 aliphatic carbocycles. The van der Waals surface area contributed by atoms with Crippen molar-refractivity contribution < 1.29 is 4.42 Å². The molecule has 0 fully saturated rings. The molecule has 7 nitrogen and oxygen atoms in total. The zero-order valence-electron chi connectivity index (χ0n) is 12.0. The van der Waals surface area contributed by atoms with Crippen LogP contribution in [0.2, 0.25) is 0 Å². The lowest BCUT2D eigenvalue weighted by atomic mass is 10.2. The third-order valence-electron chi connectivity index (χ3n) is 3.44. The van der Waals surface area contributed by atoms with Gasteiger partial charge in [0.1, 0.15) is 5.76 Å². The van der Waals surface area contributed by atoms with Gasteiger partial charge in [0.25, 0.3) is 0 Å². The van der Waals surface area contributed by atoms with Gasteiger partial charge in [-0.25, -0.2) is 9.97 Å². The minimum Gasteiger partial charge on any atom is -0.467 e. The highest BCUT2D eigenvalue weighted by Gasteiger charge is 2.11. The topological polar surface area (TPSA) is 73.2 Å². The summed E-state index contributed by atoms with van der Waals surface area (Å²) >= 11 is 0. The number of aromatic nitrogens is 5. The number of furan rings is 1. The number of fused-ring (bicyclic) bond motifs is 1. The second kappa shape index (κ2) is 5.03.